The van der Waals surface area contributed by atoms with Gasteiger partial charge in [-0.25, -0.2) is 0 Å². The zero-order valence-electron chi connectivity index (χ0n) is 12.4. The lowest BCUT2D eigenvalue weighted by Gasteiger charge is -2.16. The maximum atomic E-state index is 11.7. The minimum absolute atomic E-state index is 0.116. The van der Waals surface area contributed by atoms with Crippen molar-refractivity contribution in [1.82, 2.24) is 0 Å². The van der Waals surface area contributed by atoms with Gasteiger partial charge in [-0.3, -0.25) is 4.57 Å². The lowest BCUT2D eigenvalue weighted by Crippen LogP contribution is -2.06. The minimum atomic E-state index is -3.33. The molecule has 2 unspecified atom stereocenters. The molecule has 1 N–H and O–H groups in total. The fourth-order valence-electron chi connectivity index (χ4n) is 1.85. The van der Waals surface area contributed by atoms with E-state index in [1.807, 2.05) is 13.8 Å². The summed E-state index contributed by atoms with van der Waals surface area (Å²) in [6.07, 6.45) is 10.5. The Morgan fingerprint density at radius 1 is 1.00 bits per heavy atom. The molecule has 0 rings (SSSR count). The summed E-state index contributed by atoms with van der Waals surface area (Å²) >= 11 is 0. The van der Waals surface area contributed by atoms with Crippen molar-refractivity contribution in [2.24, 2.45) is 0 Å². The van der Waals surface area contributed by atoms with E-state index in [4.69, 9.17) is 4.52 Å². The molecule has 0 saturated heterocycles. The molecule has 0 aromatic heterocycles. The van der Waals surface area contributed by atoms with Crippen LogP contribution in [-0.2, 0) is 9.09 Å². The van der Waals surface area contributed by atoms with Crippen LogP contribution in [0, 0.1) is 0 Å². The van der Waals surface area contributed by atoms with E-state index in [2.05, 4.69) is 6.92 Å². The minimum Gasteiger partial charge on any atom is -0.324 e. The lowest BCUT2D eigenvalue weighted by molar-refractivity contribution is 0.185. The molecule has 0 spiro atoms. The van der Waals surface area contributed by atoms with Crippen LogP contribution in [0.2, 0.25) is 0 Å². The molecule has 3 nitrogen and oxygen atoms in total. The van der Waals surface area contributed by atoms with E-state index in [1.54, 1.807) is 0 Å². The summed E-state index contributed by atoms with van der Waals surface area (Å²) in [4.78, 5) is 9.62. The zero-order valence-corrected chi connectivity index (χ0v) is 13.3. The highest BCUT2D eigenvalue weighted by Gasteiger charge is 2.20. The quantitative estimate of drug-likeness (QED) is 0.398. The van der Waals surface area contributed by atoms with Crippen LogP contribution >= 0.6 is 7.60 Å². The van der Waals surface area contributed by atoms with Gasteiger partial charge in [0.2, 0.25) is 0 Å². The molecule has 2 atom stereocenters. The Hall–Kier alpha value is 0.150. The molecular weight excluding hydrogens is 247 g/mol. The van der Waals surface area contributed by atoms with E-state index in [0.29, 0.717) is 6.16 Å². The van der Waals surface area contributed by atoms with Crippen LogP contribution in [0.3, 0.4) is 0 Å². The van der Waals surface area contributed by atoms with Gasteiger partial charge >= 0.3 is 7.60 Å². The van der Waals surface area contributed by atoms with E-state index in [0.717, 1.165) is 19.3 Å². The SMILES string of the molecule is CCCCCCCCCCP(=O)(O)OC(C)CC. The van der Waals surface area contributed by atoms with Gasteiger partial charge < -0.3 is 9.42 Å². The van der Waals surface area contributed by atoms with Crippen molar-refractivity contribution in [2.45, 2.75) is 84.7 Å². The van der Waals surface area contributed by atoms with Gasteiger partial charge in [-0.05, 0) is 19.8 Å². The Kier molecular flexibility index (Phi) is 11.1. The Labute approximate surface area is 113 Å². The average Bonchev–Trinajstić information content (AvgIpc) is 2.31. The highest BCUT2D eigenvalue weighted by Crippen LogP contribution is 2.44. The first-order valence-electron chi connectivity index (χ1n) is 7.52. The zero-order chi connectivity index (χ0) is 13.9. The average molecular weight is 278 g/mol. The molecule has 0 aliphatic heterocycles. The summed E-state index contributed by atoms with van der Waals surface area (Å²) < 4.78 is 16.8. The molecule has 0 radical (unpaired) electrons. The summed E-state index contributed by atoms with van der Waals surface area (Å²) in [6, 6.07) is 0. The standard InChI is InChI=1S/C14H31O3P/c1-4-6-7-8-9-10-11-12-13-18(15,16)17-14(3)5-2/h14H,4-13H2,1-3H3,(H,15,16). The number of hydrogen-bond donors (Lipinski definition) is 1. The topological polar surface area (TPSA) is 46.5 Å². The normalized spacial score (nSPS) is 16.4. The predicted molar refractivity (Wildman–Crippen MR) is 78.1 cm³/mol. The monoisotopic (exact) mass is 278 g/mol. The summed E-state index contributed by atoms with van der Waals surface area (Å²) in [5.74, 6) is 0. The fourth-order valence-corrected chi connectivity index (χ4v) is 3.29. The van der Waals surface area contributed by atoms with Crippen molar-refractivity contribution in [3.8, 4) is 0 Å². The van der Waals surface area contributed by atoms with Gasteiger partial charge in [0.1, 0.15) is 0 Å². The third-order valence-corrected chi connectivity index (χ3v) is 4.78. The van der Waals surface area contributed by atoms with Gasteiger partial charge in [0.15, 0.2) is 0 Å². The van der Waals surface area contributed by atoms with E-state index < -0.39 is 7.60 Å². The Morgan fingerprint density at radius 2 is 1.50 bits per heavy atom. The van der Waals surface area contributed by atoms with E-state index in [9.17, 15) is 9.46 Å². The van der Waals surface area contributed by atoms with Crippen molar-refractivity contribution in [3.05, 3.63) is 0 Å². The van der Waals surface area contributed by atoms with Crippen molar-refractivity contribution in [3.63, 3.8) is 0 Å². The highest BCUT2D eigenvalue weighted by molar-refractivity contribution is 7.52. The van der Waals surface area contributed by atoms with E-state index >= 15 is 0 Å². The first kappa shape index (κ1) is 18.1. The first-order valence-corrected chi connectivity index (χ1v) is 9.28. The third-order valence-electron chi connectivity index (χ3n) is 3.21. The van der Waals surface area contributed by atoms with Crippen LogP contribution in [0.1, 0.15) is 78.6 Å². The van der Waals surface area contributed by atoms with Crippen LogP contribution in [0.4, 0.5) is 0 Å². The summed E-state index contributed by atoms with van der Waals surface area (Å²) in [6.45, 7) is 6.02. The van der Waals surface area contributed by atoms with Gasteiger partial charge in [-0.15, -0.1) is 0 Å². The van der Waals surface area contributed by atoms with Gasteiger partial charge in [-0.1, -0.05) is 58.8 Å². The molecule has 0 aromatic rings. The molecule has 0 aliphatic rings. The first-order chi connectivity index (χ1) is 8.52. The summed E-state index contributed by atoms with van der Waals surface area (Å²) in [7, 11) is -3.33. The Bertz CT molecular complexity index is 231. The molecule has 110 valence electrons. The second kappa shape index (κ2) is 11.0. The third kappa shape index (κ3) is 11.3. The van der Waals surface area contributed by atoms with E-state index in [-0.39, 0.29) is 6.10 Å². The summed E-state index contributed by atoms with van der Waals surface area (Å²) in [5, 5.41) is 0. The molecule has 0 heterocycles. The van der Waals surface area contributed by atoms with Crippen molar-refractivity contribution < 1.29 is 14.0 Å². The fraction of sp³-hybridized carbons (Fsp3) is 1.00. The molecule has 0 amide bonds. The van der Waals surface area contributed by atoms with Crippen LogP contribution in [0.15, 0.2) is 0 Å². The smallest absolute Gasteiger partial charge is 0.324 e. The van der Waals surface area contributed by atoms with Gasteiger partial charge in [-0.2, -0.15) is 0 Å². The van der Waals surface area contributed by atoms with Gasteiger partial charge in [0.05, 0.1) is 6.10 Å². The predicted octanol–water partition coefficient (Wildman–Crippen LogP) is 5.13. The second-order valence-corrected chi connectivity index (χ2v) is 7.09. The summed E-state index contributed by atoms with van der Waals surface area (Å²) in [5.41, 5.74) is 0. The maximum absolute atomic E-state index is 11.7. The van der Waals surface area contributed by atoms with Gasteiger partial charge in [0, 0.05) is 6.16 Å². The lowest BCUT2D eigenvalue weighted by atomic mass is 10.1. The maximum Gasteiger partial charge on any atom is 0.328 e. The molecule has 0 aliphatic carbocycles. The Balaban J connectivity index is 3.44. The molecule has 0 fully saturated rings. The Morgan fingerprint density at radius 3 is 2.00 bits per heavy atom. The van der Waals surface area contributed by atoms with Crippen LogP contribution in [0.25, 0.3) is 0 Å². The molecule has 0 bridgehead atoms. The highest BCUT2D eigenvalue weighted by atomic mass is 31.2. The molecular formula is C14H31O3P. The van der Waals surface area contributed by atoms with Crippen molar-refractivity contribution in [2.75, 3.05) is 6.16 Å². The number of hydrogen-bond acceptors (Lipinski definition) is 2. The molecule has 0 aromatic carbocycles. The van der Waals surface area contributed by atoms with Gasteiger partial charge in [0.25, 0.3) is 0 Å². The van der Waals surface area contributed by atoms with Crippen molar-refractivity contribution in [1.29, 1.82) is 0 Å². The van der Waals surface area contributed by atoms with E-state index in [1.165, 1.54) is 38.5 Å². The molecule has 0 saturated carbocycles. The number of unbranched alkanes of at least 4 members (excludes halogenated alkanes) is 7. The number of rotatable bonds is 12. The second-order valence-electron chi connectivity index (χ2n) is 5.16. The van der Waals surface area contributed by atoms with Crippen LogP contribution in [-0.4, -0.2) is 17.2 Å². The largest absolute Gasteiger partial charge is 0.328 e. The molecule has 18 heavy (non-hydrogen) atoms. The van der Waals surface area contributed by atoms with Crippen LogP contribution in [0.5, 0.6) is 0 Å². The van der Waals surface area contributed by atoms with Crippen LogP contribution < -0.4 is 0 Å². The molecule has 4 heteroatoms. The van der Waals surface area contributed by atoms with Crippen molar-refractivity contribution >= 4 is 7.60 Å².